The third-order valence-electron chi connectivity index (χ3n) is 5.84. The predicted octanol–water partition coefficient (Wildman–Crippen LogP) is -3.46. The van der Waals surface area contributed by atoms with Crippen molar-refractivity contribution in [3.63, 3.8) is 0 Å². The zero-order valence-corrected chi connectivity index (χ0v) is 22.9. The molecular weight excluding hydrogens is 588 g/mol. The summed E-state index contributed by atoms with van der Waals surface area (Å²) in [6.07, 6.45) is -3.59. The van der Waals surface area contributed by atoms with E-state index in [0.29, 0.717) is 11.4 Å². The molecular formula is C25H32N8O11. The van der Waals surface area contributed by atoms with Gasteiger partial charge in [-0.05, 0) is 30.7 Å². The number of hydrogen-bond donors (Lipinski definition) is 11. The SMILES string of the molecule is N[C@@H](C=O)[C@@H](O)[C@@H](O)[C@H](O)CO.Nc1nc2ncc(CNc3ccc(C(=O)NC(CCC(=O)O)C(=O)O)cc3)nc2c(=O)[nH]1. The zero-order chi connectivity index (χ0) is 33.0. The summed E-state index contributed by atoms with van der Waals surface area (Å²) in [4.78, 5) is 70.6. The molecule has 1 aromatic carbocycles. The largest absolute Gasteiger partial charge is 0.481 e. The Balaban J connectivity index is 0.000000477. The quantitative estimate of drug-likeness (QED) is 0.0780. The van der Waals surface area contributed by atoms with Crippen LogP contribution in [0.1, 0.15) is 28.9 Å². The van der Waals surface area contributed by atoms with E-state index >= 15 is 0 Å². The molecule has 0 saturated carbocycles. The summed E-state index contributed by atoms with van der Waals surface area (Å²) in [5.74, 6) is -3.16. The number of hydrogen-bond acceptors (Lipinski definition) is 15. The van der Waals surface area contributed by atoms with Gasteiger partial charge in [-0.25, -0.2) is 14.8 Å². The number of carbonyl (C=O) groups excluding carboxylic acids is 2. The van der Waals surface area contributed by atoms with E-state index in [4.69, 9.17) is 42.1 Å². The first kappa shape index (κ1) is 35.1. The number of nitrogens with two attached hydrogens (primary N) is 2. The normalized spacial score (nSPS) is 14.2. The van der Waals surface area contributed by atoms with Gasteiger partial charge in [-0.15, -0.1) is 0 Å². The van der Waals surface area contributed by atoms with E-state index in [-0.39, 0.29) is 48.3 Å². The van der Waals surface area contributed by atoms with Crippen molar-refractivity contribution >= 4 is 46.9 Å². The van der Waals surface area contributed by atoms with Crippen LogP contribution in [0.3, 0.4) is 0 Å². The lowest BCUT2D eigenvalue weighted by atomic mass is 10.0. The van der Waals surface area contributed by atoms with Crippen molar-refractivity contribution in [3.05, 3.63) is 52.1 Å². The van der Waals surface area contributed by atoms with Gasteiger partial charge in [0.2, 0.25) is 5.95 Å². The lowest BCUT2D eigenvalue weighted by Crippen LogP contribution is -2.49. The summed E-state index contributed by atoms with van der Waals surface area (Å²) in [6, 6.07) is 3.60. The van der Waals surface area contributed by atoms with E-state index in [0.717, 1.165) is 0 Å². The lowest BCUT2D eigenvalue weighted by Gasteiger charge is -2.23. The molecule has 0 spiro atoms. The number of nitrogen functional groups attached to an aromatic ring is 1. The minimum absolute atomic E-state index is 0.0524. The maximum atomic E-state index is 12.3. The number of rotatable bonds is 14. The summed E-state index contributed by atoms with van der Waals surface area (Å²) in [6.45, 7) is -0.474. The van der Waals surface area contributed by atoms with Gasteiger partial charge in [-0.3, -0.25) is 19.4 Å². The number of H-pyrrole nitrogens is 1. The molecule has 0 aliphatic carbocycles. The van der Waals surface area contributed by atoms with Crippen molar-refractivity contribution in [2.45, 2.75) is 49.8 Å². The van der Waals surface area contributed by atoms with Crippen molar-refractivity contribution in [1.82, 2.24) is 25.3 Å². The number of aromatic amines is 1. The smallest absolute Gasteiger partial charge is 0.326 e. The molecule has 19 nitrogen and oxygen atoms in total. The number of fused-ring (bicyclic) bond motifs is 1. The molecule has 3 aromatic rings. The molecule has 0 bridgehead atoms. The highest BCUT2D eigenvalue weighted by Crippen LogP contribution is 2.12. The van der Waals surface area contributed by atoms with Gasteiger partial charge in [0.05, 0.1) is 31.1 Å². The van der Waals surface area contributed by atoms with E-state index < -0.39 is 60.4 Å². The topological polar surface area (TPSA) is 337 Å². The van der Waals surface area contributed by atoms with Crippen molar-refractivity contribution in [1.29, 1.82) is 0 Å². The number of benzene rings is 1. The number of aliphatic hydroxyl groups is 4. The number of aliphatic carboxylic acids is 2. The second-order valence-electron chi connectivity index (χ2n) is 9.16. The van der Waals surface area contributed by atoms with Crippen molar-refractivity contribution in [2.75, 3.05) is 17.7 Å². The summed E-state index contributed by atoms with van der Waals surface area (Å²) >= 11 is 0. The van der Waals surface area contributed by atoms with Gasteiger partial charge in [0, 0.05) is 17.7 Å². The number of aliphatic hydroxyl groups excluding tert-OH is 4. The minimum Gasteiger partial charge on any atom is -0.481 e. The summed E-state index contributed by atoms with van der Waals surface area (Å²) in [5, 5.41) is 58.4. The van der Waals surface area contributed by atoms with Crippen LogP contribution in [0.25, 0.3) is 11.2 Å². The summed E-state index contributed by atoms with van der Waals surface area (Å²) in [5.41, 5.74) is 11.5. The highest BCUT2D eigenvalue weighted by atomic mass is 16.4. The standard InChI is InChI=1S/C19H19N7O6.C6H13NO5/c20-19-25-15-14(17(30)26-19)23-11(8-22-15)7-21-10-3-1-9(2-4-10)16(29)24-12(18(31)32)5-6-13(27)28;7-3(1-8)5(11)6(12)4(10)2-9/h1-4,8,12,21H,5-7H2,(H,24,29)(H,27,28)(H,31,32)(H3,20,22,25,26,30);1,3-6,9-12H,2,7H2/t;3-,4+,5+,6-/m.0/s1. The van der Waals surface area contributed by atoms with Gasteiger partial charge < -0.3 is 57.5 Å². The Kier molecular flexibility index (Phi) is 13.2. The van der Waals surface area contributed by atoms with Gasteiger partial charge in [0.25, 0.3) is 11.5 Å². The molecule has 0 aliphatic rings. The molecule has 1 unspecified atom stereocenters. The Morgan fingerprint density at radius 1 is 1.05 bits per heavy atom. The molecule has 5 atom stereocenters. The number of carboxylic acid groups (broad SMARTS) is 2. The summed E-state index contributed by atoms with van der Waals surface area (Å²) in [7, 11) is 0. The number of aldehydes is 1. The predicted molar refractivity (Wildman–Crippen MR) is 151 cm³/mol. The monoisotopic (exact) mass is 620 g/mol. The van der Waals surface area contributed by atoms with Gasteiger partial charge in [-0.2, -0.15) is 4.98 Å². The van der Waals surface area contributed by atoms with Crippen LogP contribution in [0.15, 0.2) is 35.3 Å². The van der Waals surface area contributed by atoms with E-state index in [1.807, 2.05) is 0 Å². The van der Waals surface area contributed by atoms with E-state index in [1.54, 1.807) is 12.1 Å². The van der Waals surface area contributed by atoms with Crippen molar-refractivity contribution in [2.24, 2.45) is 5.73 Å². The molecule has 0 saturated heterocycles. The average molecular weight is 621 g/mol. The molecule has 2 aromatic heterocycles. The maximum absolute atomic E-state index is 12.3. The molecule has 13 N–H and O–H groups in total. The molecule has 0 radical (unpaired) electrons. The minimum atomic E-state index is -1.62. The van der Waals surface area contributed by atoms with E-state index in [1.165, 1.54) is 18.3 Å². The number of anilines is 2. The number of carbonyl (C=O) groups is 4. The molecule has 19 heteroatoms. The van der Waals surface area contributed by atoms with Gasteiger partial charge in [0.1, 0.15) is 30.6 Å². The number of nitrogens with one attached hydrogen (secondary N) is 3. The van der Waals surface area contributed by atoms with Crippen LogP contribution >= 0.6 is 0 Å². The molecule has 0 aliphatic heterocycles. The Bertz CT molecular complexity index is 1500. The number of carboxylic acids is 2. The first-order chi connectivity index (χ1) is 20.8. The third kappa shape index (κ3) is 10.3. The van der Waals surface area contributed by atoms with Gasteiger partial charge >= 0.3 is 11.9 Å². The molecule has 2 heterocycles. The van der Waals surface area contributed by atoms with Crippen LogP contribution in [-0.4, -0.2) is 112 Å². The van der Waals surface area contributed by atoms with Crippen LogP contribution in [0.4, 0.5) is 11.6 Å². The summed E-state index contributed by atoms with van der Waals surface area (Å²) < 4.78 is 0. The Morgan fingerprint density at radius 2 is 1.70 bits per heavy atom. The number of nitrogens with zero attached hydrogens (tertiary/aromatic N) is 3. The lowest BCUT2D eigenvalue weighted by molar-refractivity contribution is -0.140. The second kappa shape index (κ2) is 16.5. The van der Waals surface area contributed by atoms with Crippen LogP contribution < -0.4 is 27.7 Å². The Labute approximate surface area is 247 Å². The number of amides is 1. The maximum Gasteiger partial charge on any atom is 0.326 e. The van der Waals surface area contributed by atoms with Crippen LogP contribution in [-0.2, 0) is 20.9 Å². The number of aromatic nitrogens is 4. The van der Waals surface area contributed by atoms with Gasteiger partial charge in [0.15, 0.2) is 11.2 Å². The fourth-order valence-corrected chi connectivity index (χ4v) is 3.40. The van der Waals surface area contributed by atoms with E-state index in [2.05, 4.69) is 30.6 Å². The molecule has 238 valence electrons. The fraction of sp³-hybridized carbons (Fsp3) is 0.360. The average Bonchev–Trinajstić information content (AvgIpc) is 3.00. The molecule has 0 fully saturated rings. The molecule has 1 amide bonds. The van der Waals surface area contributed by atoms with E-state index in [9.17, 15) is 24.0 Å². The van der Waals surface area contributed by atoms with Crippen molar-refractivity contribution < 1.29 is 49.8 Å². The molecule has 44 heavy (non-hydrogen) atoms. The van der Waals surface area contributed by atoms with Gasteiger partial charge in [-0.1, -0.05) is 0 Å². The second-order valence-corrected chi connectivity index (χ2v) is 9.16. The van der Waals surface area contributed by atoms with Crippen LogP contribution in [0.2, 0.25) is 0 Å². The molecule has 3 rings (SSSR count). The van der Waals surface area contributed by atoms with Crippen molar-refractivity contribution in [3.8, 4) is 0 Å². The third-order valence-corrected chi connectivity index (χ3v) is 5.84. The highest BCUT2D eigenvalue weighted by Gasteiger charge is 2.28. The Morgan fingerprint density at radius 3 is 2.27 bits per heavy atom. The van der Waals surface area contributed by atoms with Crippen LogP contribution in [0.5, 0.6) is 0 Å². The van der Waals surface area contributed by atoms with Crippen LogP contribution in [0, 0.1) is 0 Å². The zero-order valence-electron chi connectivity index (χ0n) is 22.9. The fourth-order valence-electron chi connectivity index (χ4n) is 3.40. The highest BCUT2D eigenvalue weighted by molar-refractivity contribution is 5.97. The first-order valence-corrected chi connectivity index (χ1v) is 12.7. The first-order valence-electron chi connectivity index (χ1n) is 12.7. The Hall–Kier alpha value is -5.08.